The van der Waals surface area contributed by atoms with E-state index in [9.17, 15) is 9.90 Å². The minimum absolute atomic E-state index is 0.0241. The third kappa shape index (κ3) is 5.35. The van der Waals surface area contributed by atoms with Crippen molar-refractivity contribution in [2.45, 2.75) is 103 Å². The van der Waals surface area contributed by atoms with Crippen molar-refractivity contribution in [2.24, 2.45) is 17.6 Å². The molecular weight excluding hydrogens is 604 g/mol. The summed E-state index contributed by atoms with van der Waals surface area (Å²) >= 11 is 0. The quantitative estimate of drug-likeness (QED) is 0.162. The van der Waals surface area contributed by atoms with Crippen LogP contribution in [0.2, 0.25) is 18.1 Å². The molecule has 5 rings (SSSR count). The summed E-state index contributed by atoms with van der Waals surface area (Å²) in [6.07, 6.45) is 5.72. The summed E-state index contributed by atoms with van der Waals surface area (Å²) in [6, 6.07) is -0.863. The van der Waals surface area contributed by atoms with Crippen molar-refractivity contribution in [3.05, 3.63) is 34.2 Å². The lowest BCUT2D eigenvalue weighted by molar-refractivity contribution is -0.138. The Morgan fingerprint density at radius 1 is 1.09 bits per heavy atom. The normalized spacial score (nSPS) is 24.3. The second-order valence-corrected chi connectivity index (χ2v) is 19.3. The number of unbranched alkanes of at least 4 members (excludes halogenated alkanes) is 2. The Balaban J connectivity index is 1.73. The van der Waals surface area contributed by atoms with Gasteiger partial charge in [-0.05, 0) is 54.9 Å². The largest absolute Gasteiger partial charge is 0.507 e. The molecule has 2 aromatic rings. The van der Waals surface area contributed by atoms with Gasteiger partial charge in [-0.1, -0.05) is 47.5 Å². The Labute approximate surface area is 273 Å². The van der Waals surface area contributed by atoms with Crippen molar-refractivity contribution >= 4 is 31.5 Å². The molecule has 2 aromatic heterocycles. The number of anilines is 1. The molecule has 0 bridgehead atoms. The van der Waals surface area contributed by atoms with Gasteiger partial charge in [-0.3, -0.25) is 9.59 Å². The van der Waals surface area contributed by atoms with Gasteiger partial charge in [0.05, 0.1) is 31.0 Å². The van der Waals surface area contributed by atoms with E-state index < -0.39 is 43.4 Å². The molecule has 4 atom stereocenters. The number of rotatable bonds is 11. The smallest absolute Gasteiger partial charge is 0.265 e. The second-order valence-electron chi connectivity index (χ2n) is 14.6. The fourth-order valence-electron chi connectivity index (χ4n) is 6.71. The lowest BCUT2D eigenvalue weighted by atomic mass is 9.57. The Hall–Kier alpha value is -3.22. The second kappa shape index (κ2) is 12.4. The number of hydrogen-bond donors (Lipinski definition) is 2. The number of ketones is 2. The van der Waals surface area contributed by atoms with Gasteiger partial charge in [0.2, 0.25) is 11.6 Å². The van der Waals surface area contributed by atoms with Gasteiger partial charge in [-0.15, -0.1) is 0 Å². The highest BCUT2D eigenvalue weighted by Gasteiger charge is 2.68. The number of carbonyl (C=O) groups is 2. The van der Waals surface area contributed by atoms with E-state index in [-0.39, 0.29) is 33.6 Å². The van der Waals surface area contributed by atoms with Gasteiger partial charge < -0.3 is 34.2 Å². The van der Waals surface area contributed by atoms with Crippen LogP contribution in [0.5, 0.6) is 11.6 Å². The number of carbonyl (C=O) groups excluding carboxylic acids is 2. The number of Topliss-reactive ketones (excluding diaryl/α,β-unsaturated/α-hetero) is 2. The minimum Gasteiger partial charge on any atom is -0.507 e. The number of fused-ring (bicyclic) bond motifs is 4. The number of aliphatic hydroxyl groups is 1. The fraction of sp³-hybridized carbons (Fsp3) is 0.647. The number of hydrogen-bond acceptors (Lipinski definition) is 11. The SMILES string of the molecule is CCCCOc1cnc(N(C)C)c2c1C(O)=C1C(=O)[C@]3(O[Si](C)(C)C(C)(C)C)C(=O)c4c(OCCCC)noc4[C@@H](N)[C@@H]3C[C@@H]1C2. The Morgan fingerprint density at radius 3 is 2.35 bits per heavy atom. The molecule has 252 valence electrons. The summed E-state index contributed by atoms with van der Waals surface area (Å²) in [5.74, 6) is -1.19. The van der Waals surface area contributed by atoms with Crippen molar-refractivity contribution in [1.82, 2.24) is 10.1 Å². The molecule has 0 radical (unpaired) electrons. The molecule has 0 aromatic carbocycles. The van der Waals surface area contributed by atoms with E-state index >= 15 is 4.79 Å². The molecule has 0 amide bonds. The summed E-state index contributed by atoms with van der Waals surface area (Å²) in [6.45, 7) is 15.1. The lowest BCUT2D eigenvalue weighted by Gasteiger charge is -2.53. The predicted octanol–water partition coefficient (Wildman–Crippen LogP) is 6.18. The van der Waals surface area contributed by atoms with E-state index in [2.05, 4.69) is 37.8 Å². The van der Waals surface area contributed by atoms with Gasteiger partial charge in [0.15, 0.2) is 19.7 Å². The van der Waals surface area contributed by atoms with Crippen LogP contribution in [0.25, 0.3) is 5.76 Å². The molecule has 0 spiro atoms. The maximum absolute atomic E-state index is 15.2. The van der Waals surface area contributed by atoms with Crippen LogP contribution < -0.4 is 20.1 Å². The Kier molecular flexibility index (Phi) is 9.21. The molecule has 2 heterocycles. The van der Waals surface area contributed by atoms with Crippen LogP contribution in [0.1, 0.15) is 100 Å². The van der Waals surface area contributed by atoms with E-state index in [4.69, 9.17) is 24.2 Å². The van der Waals surface area contributed by atoms with E-state index in [1.165, 1.54) is 0 Å². The molecule has 46 heavy (non-hydrogen) atoms. The van der Waals surface area contributed by atoms with Crippen LogP contribution in [-0.2, 0) is 15.6 Å². The van der Waals surface area contributed by atoms with Gasteiger partial charge >= 0.3 is 0 Å². The van der Waals surface area contributed by atoms with Gasteiger partial charge in [-0.2, -0.15) is 0 Å². The first kappa shape index (κ1) is 34.1. The van der Waals surface area contributed by atoms with E-state index in [1.807, 2.05) is 39.0 Å². The molecule has 0 saturated heterocycles. The van der Waals surface area contributed by atoms with Gasteiger partial charge in [0.25, 0.3) is 5.88 Å². The van der Waals surface area contributed by atoms with Crippen LogP contribution >= 0.6 is 0 Å². The van der Waals surface area contributed by atoms with Crippen LogP contribution in [0, 0.1) is 11.8 Å². The number of aromatic nitrogens is 2. The number of pyridine rings is 1. The van der Waals surface area contributed by atoms with Crippen LogP contribution in [0.3, 0.4) is 0 Å². The number of nitrogens with zero attached hydrogens (tertiary/aromatic N) is 3. The summed E-state index contributed by atoms with van der Waals surface area (Å²) in [7, 11) is 0.968. The zero-order chi connectivity index (χ0) is 33.8. The molecule has 12 heteroatoms. The molecular formula is C34H50N4O7Si. The molecule has 3 aliphatic carbocycles. The average molecular weight is 655 g/mol. The molecule has 11 nitrogen and oxygen atoms in total. The third-order valence-electron chi connectivity index (χ3n) is 10.2. The predicted molar refractivity (Wildman–Crippen MR) is 178 cm³/mol. The first-order chi connectivity index (χ1) is 21.6. The number of ether oxygens (including phenoxy) is 2. The summed E-state index contributed by atoms with van der Waals surface area (Å²) < 4.78 is 24.7. The van der Waals surface area contributed by atoms with E-state index in [1.54, 1.807) is 6.20 Å². The highest BCUT2D eigenvalue weighted by Crippen LogP contribution is 2.58. The van der Waals surface area contributed by atoms with Gasteiger partial charge in [-0.25, -0.2) is 4.98 Å². The highest BCUT2D eigenvalue weighted by molar-refractivity contribution is 6.74. The fourth-order valence-corrected chi connectivity index (χ4v) is 8.16. The average Bonchev–Trinajstić information content (AvgIpc) is 3.40. The van der Waals surface area contributed by atoms with E-state index in [0.29, 0.717) is 43.2 Å². The van der Waals surface area contributed by atoms with Crippen molar-refractivity contribution in [3.8, 4) is 11.6 Å². The zero-order valence-corrected chi connectivity index (χ0v) is 29.8. The van der Waals surface area contributed by atoms with Crippen molar-refractivity contribution in [1.29, 1.82) is 0 Å². The van der Waals surface area contributed by atoms with Gasteiger partial charge in [0, 0.05) is 31.1 Å². The van der Waals surface area contributed by atoms with E-state index in [0.717, 1.165) is 31.2 Å². The molecule has 3 N–H and O–H groups in total. The van der Waals surface area contributed by atoms with Crippen LogP contribution in [0.15, 0.2) is 16.3 Å². The number of nitrogens with two attached hydrogens (primary N) is 1. The van der Waals surface area contributed by atoms with Crippen molar-refractivity contribution in [3.63, 3.8) is 0 Å². The van der Waals surface area contributed by atoms with Gasteiger partial charge in [0.1, 0.15) is 22.9 Å². The zero-order valence-electron chi connectivity index (χ0n) is 28.8. The summed E-state index contributed by atoms with van der Waals surface area (Å²) in [5.41, 5.74) is 6.43. The third-order valence-corrected chi connectivity index (χ3v) is 14.7. The summed E-state index contributed by atoms with van der Waals surface area (Å²) in [5, 5.41) is 15.9. The number of aliphatic hydroxyl groups excluding tert-OH is 1. The molecule has 1 fully saturated rings. The minimum atomic E-state index is -2.81. The monoisotopic (exact) mass is 654 g/mol. The van der Waals surface area contributed by atoms with Crippen LogP contribution in [0.4, 0.5) is 5.82 Å². The molecule has 1 saturated carbocycles. The van der Waals surface area contributed by atoms with Crippen molar-refractivity contribution < 1.29 is 33.1 Å². The standard InChI is InChI=1S/C34H50N4O7Si/c1-10-12-14-42-22-18-36-31(38(6)7)20-16-19-17-21-26(35)28-25(32(37-44-28)43-15-13-11-2)30(41)34(21,45-46(8,9)33(3,4)5)29(40)23(19)27(39)24(20)22/h18-19,21,26,39H,10-17,35H2,1-9H3/t19-,21-,26-,34-/m0/s1. The Morgan fingerprint density at radius 2 is 1.74 bits per heavy atom. The molecule has 0 unspecified atom stereocenters. The first-order valence-electron chi connectivity index (χ1n) is 16.5. The first-order valence-corrected chi connectivity index (χ1v) is 19.5. The molecule has 0 aliphatic heterocycles. The summed E-state index contributed by atoms with van der Waals surface area (Å²) in [4.78, 5) is 36.7. The molecule has 3 aliphatic rings. The maximum Gasteiger partial charge on any atom is 0.265 e. The highest BCUT2D eigenvalue weighted by atomic mass is 28.4. The lowest BCUT2D eigenvalue weighted by Crippen LogP contribution is -2.68. The van der Waals surface area contributed by atoms with Crippen LogP contribution in [-0.4, -0.2) is 68.0 Å². The van der Waals surface area contributed by atoms with Crippen molar-refractivity contribution in [2.75, 3.05) is 32.2 Å². The topological polar surface area (TPSA) is 150 Å². The Bertz CT molecular complexity index is 1540. The maximum atomic E-state index is 15.2.